The van der Waals surface area contributed by atoms with Gasteiger partial charge in [0, 0.05) is 24.9 Å². The van der Waals surface area contributed by atoms with E-state index >= 15 is 0 Å². The van der Waals surface area contributed by atoms with E-state index < -0.39 is 0 Å². The molecule has 0 spiro atoms. The van der Waals surface area contributed by atoms with Crippen molar-refractivity contribution < 1.29 is 0 Å². The van der Waals surface area contributed by atoms with E-state index in [1.165, 1.54) is 0 Å². The van der Waals surface area contributed by atoms with Crippen LogP contribution in [0.2, 0.25) is 0 Å². The summed E-state index contributed by atoms with van der Waals surface area (Å²) in [6.07, 6.45) is 4.35. The fourth-order valence-electron chi connectivity index (χ4n) is 1.35. The molecule has 4 nitrogen and oxygen atoms in total. The van der Waals surface area contributed by atoms with Crippen molar-refractivity contribution >= 4 is 11.6 Å². The normalized spacial score (nSPS) is 10.5. The van der Waals surface area contributed by atoms with Crippen LogP contribution in [0.15, 0.2) is 30.7 Å². The standard InChI is InChI=1S/C10H11ClN4/c11-7-10-14-13-8-15(10)6-4-9-3-1-2-5-12-9/h1-3,5,8H,4,6-7H2. The van der Waals surface area contributed by atoms with Gasteiger partial charge < -0.3 is 4.57 Å². The van der Waals surface area contributed by atoms with E-state index in [9.17, 15) is 0 Å². The molecule has 0 fully saturated rings. The summed E-state index contributed by atoms with van der Waals surface area (Å²) >= 11 is 5.72. The zero-order valence-corrected chi connectivity index (χ0v) is 8.93. The molecule has 0 aliphatic rings. The molecule has 0 radical (unpaired) electrons. The molecule has 15 heavy (non-hydrogen) atoms. The summed E-state index contributed by atoms with van der Waals surface area (Å²) < 4.78 is 1.95. The third kappa shape index (κ3) is 2.53. The molecule has 0 atom stereocenters. The van der Waals surface area contributed by atoms with Crippen LogP contribution >= 0.6 is 11.6 Å². The van der Waals surface area contributed by atoms with Crippen molar-refractivity contribution in [2.75, 3.05) is 0 Å². The topological polar surface area (TPSA) is 43.6 Å². The zero-order chi connectivity index (χ0) is 10.5. The minimum absolute atomic E-state index is 0.391. The highest BCUT2D eigenvalue weighted by Crippen LogP contribution is 2.02. The monoisotopic (exact) mass is 222 g/mol. The quantitative estimate of drug-likeness (QED) is 0.739. The second kappa shape index (κ2) is 4.89. The molecule has 78 valence electrons. The number of aromatic nitrogens is 4. The van der Waals surface area contributed by atoms with Crippen LogP contribution in [-0.2, 0) is 18.8 Å². The number of hydrogen-bond donors (Lipinski definition) is 0. The molecular weight excluding hydrogens is 212 g/mol. The summed E-state index contributed by atoms with van der Waals surface area (Å²) in [6, 6.07) is 5.90. The highest BCUT2D eigenvalue weighted by atomic mass is 35.5. The fourth-order valence-corrected chi connectivity index (χ4v) is 1.56. The second-order valence-electron chi connectivity index (χ2n) is 3.15. The van der Waals surface area contributed by atoms with Crippen LogP contribution in [0.1, 0.15) is 11.5 Å². The van der Waals surface area contributed by atoms with E-state index in [2.05, 4.69) is 15.2 Å². The van der Waals surface area contributed by atoms with Crippen molar-refractivity contribution in [1.29, 1.82) is 0 Å². The van der Waals surface area contributed by atoms with E-state index in [-0.39, 0.29) is 0 Å². The molecule has 5 heteroatoms. The zero-order valence-electron chi connectivity index (χ0n) is 8.17. The number of pyridine rings is 1. The predicted octanol–water partition coefficient (Wildman–Crippen LogP) is 1.65. The van der Waals surface area contributed by atoms with Gasteiger partial charge in [0.1, 0.15) is 12.2 Å². The third-order valence-electron chi connectivity index (χ3n) is 2.15. The van der Waals surface area contributed by atoms with Crippen LogP contribution in [0.4, 0.5) is 0 Å². The van der Waals surface area contributed by atoms with Gasteiger partial charge >= 0.3 is 0 Å². The van der Waals surface area contributed by atoms with E-state index in [0.717, 1.165) is 24.5 Å². The number of nitrogens with zero attached hydrogens (tertiary/aromatic N) is 4. The minimum Gasteiger partial charge on any atom is -0.316 e. The maximum atomic E-state index is 5.72. The Bertz CT molecular complexity index is 412. The van der Waals surface area contributed by atoms with Crippen LogP contribution in [0, 0.1) is 0 Å². The van der Waals surface area contributed by atoms with Crippen molar-refractivity contribution in [1.82, 2.24) is 19.7 Å². The third-order valence-corrected chi connectivity index (χ3v) is 2.39. The number of aryl methyl sites for hydroxylation is 2. The molecule has 0 N–H and O–H groups in total. The lowest BCUT2D eigenvalue weighted by atomic mass is 10.3. The molecule has 0 saturated heterocycles. The number of alkyl halides is 1. The molecule has 2 aromatic heterocycles. The molecule has 0 unspecified atom stereocenters. The molecule has 0 aliphatic carbocycles. The lowest BCUT2D eigenvalue weighted by molar-refractivity contribution is 0.659. The first kappa shape index (κ1) is 10.1. The van der Waals surface area contributed by atoms with Gasteiger partial charge in [0.05, 0.1) is 5.88 Å². The van der Waals surface area contributed by atoms with Crippen LogP contribution in [0.5, 0.6) is 0 Å². The summed E-state index contributed by atoms with van der Waals surface area (Å²) in [5, 5.41) is 7.72. The number of rotatable bonds is 4. The van der Waals surface area contributed by atoms with Crippen molar-refractivity contribution in [2.24, 2.45) is 0 Å². The summed E-state index contributed by atoms with van der Waals surface area (Å²) in [5.74, 6) is 1.19. The summed E-state index contributed by atoms with van der Waals surface area (Å²) in [4.78, 5) is 4.25. The Morgan fingerprint density at radius 3 is 3.00 bits per heavy atom. The van der Waals surface area contributed by atoms with Crippen LogP contribution in [0.3, 0.4) is 0 Å². The maximum Gasteiger partial charge on any atom is 0.147 e. The summed E-state index contributed by atoms with van der Waals surface area (Å²) in [7, 11) is 0. The Labute approximate surface area is 92.9 Å². The van der Waals surface area contributed by atoms with Crippen molar-refractivity contribution in [3.63, 3.8) is 0 Å². The first-order valence-electron chi connectivity index (χ1n) is 4.72. The summed E-state index contributed by atoms with van der Waals surface area (Å²) in [5.41, 5.74) is 1.06. The van der Waals surface area contributed by atoms with Gasteiger partial charge in [-0.05, 0) is 12.1 Å². The second-order valence-corrected chi connectivity index (χ2v) is 3.41. The van der Waals surface area contributed by atoms with Crippen molar-refractivity contribution in [2.45, 2.75) is 18.8 Å². The van der Waals surface area contributed by atoms with E-state index in [1.54, 1.807) is 12.5 Å². The molecule has 0 aromatic carbocycles. The molecule has 0 bridgehead atoms. The van der Waals surface area contributed by atoms with Gasteiger partial charge in [-0.3, -0.25) is 4.98 Å². The molecule has 0 aliphatic heterocycles. The number of halogens is 1. The lowest BCUT2D eigenvalue weighted by Crippen LogP contribution is -2.04. The largest absolute Gasteiger partial charge is 0.316 e. The number of hydrogen-bond acceptors (Lipinski definition) is 3. The Morgan fingerprint density at radius 1 is 1.33 bits per heavy atom. The van der Waals surface area contributed by atoms with Gasteiger partial charge in [-0.25, -0.2) is 0 Å². The van der Waals surface area contributed by atoms with Crippen molar-refractivity contribution in [3.8, 4) is 0 Å². The lowest BCUT2D eigenvalue weighted by Gasteiger charge is -2.03. The molecule has 2 rings (SSSR count). The molecule has 0 saturated carbocycles. The first-order valence-corrected chi connectivity index (χ1v) is 5.26. The van der Waals surface area contributed by atoms with Crippen molar-refractivity contribution in [3.05, 3.63) is 42.2 Å². The average molecular weight is 223 g/mol. The molecule has 0 amide bonds. The van der Waals surface area contributed by atoms with Gasteiger partial charge in [-0.1, -0.05) is 6.07 Å². The van der Waals surface area contributed by atoms with E-state index in [0.29, 0.717) is 5.88 Å². The summed E-state index contributed by atoms with van der Waals surface area (Å²) in [6.45, 7) is 0.812. The van der Waals surface area contributed by atoms with Crippen LogP contribution < -0.4 is 0 Å². The molecule has 2 aromatic rings. The Balaban J connectivity index is 1.99. The first-order chi connectivity index (χ1) is 7.40. The smallest absolute Gasteiger partial charge is 0.147 e. The Morgan fingerprint density at radius 2 is 2.27 bits per heavy atom. The van der Waals surface area contributed by atoms with E-state index in [1.807, 2.05) is 22.8 Å². The molecular formula is C10H11ClN4. The maximum absolute atomic E-state index is 5.72. The SMILES string of the molecule is ClCc1nncn1CCc1ccccn1. The van der Waals surface area contributed by atoms with Gasteiger partial charge in [0.25, 0.3) is 0 Å². The average Bonchev–Trinajstić information content (AvgIpc) is 2.75. The highest BCUT2D eigenvalue weighted by Gasteiger charge is 2.02. The Hall–Kier alpha value is -1.42. The fraction of sp³-hybridized carbons (Fsp3) is 0.300. The van der Waals surface area contributed by atoms with Crippen LogP contribution in [0.25, 0.3) is 0 Å². The van der Waals surface area contributed by atoms with Crippen LogP contribution in [-0.4, -0.2) is 19.7 Å². The van der Waals surface area contributed by atoms with E-state index in [4.69, 9.17) is 11.6 Å². The van der Waals surface area contributed by atoms with Gasteiger partial charge in [-0.15, -0.1) is 21.8 Å². The Kier molecular flexibility index (Phi) is 3.29. The van der Waals surface area contributed by atoms with Gasteiger partial charge in [0.15, 0.2) is 0 Å². The van der Waals surface area contributed by atoms with Gasteiger partial charge in [-0.2, -0.15) is 0 Å². The van der Waals surface area contributed by atoms with Gasteiger partial charge in [0.2, 0.25) is 0 Å². The predicted molar refractivity (Wildman–Crippen MR) is 57.5 cm³/mol. The highest BCUT2D eigenvalue weighted by molar-refractivity contribution is 6.16. The molecule has 2 heterocycles. The minimum atomic E-state index is 0.391.